The van der Waals surface area contributed by atoms with Crippen LogP contribution in [0.25, 0.3) is 11.0 Å². The maximum atomic E-state index is 14.1. The van der Waals surface area contributed by atoms with Gasteiger partial charge in [0.1, 0.15) is 16.3 Å². The number of aromatic nitrogens is 2. The largest absolute Gasteiger partial charge is 0.545 e. The number of fused-ring (bicyclic) bond motifs is 1. The van der Waals surface area contributed by atoms with Gasteiger partial charge in [0.15, 0.2) is 0 Å². The number of rotatable bonds is 4. The van der Waals surface area contributed by atoms with Crippen molar-refractivity contribution in [2.24, 2.45) is 0 Å². The molecule has 38 heavy (non-hydrogen) atoms. The van der Waals surface area contributed by atoms with Crippen LogP contribution in [0.15, 0.2) is 36.5 Å². The van der Waals surface area contributed by atoms with Crippen molar-refractivity contribution in [2.45, 2.75) is 32.5 Å². The lowest BCUT2D eigenvalue weighted by atomic mass is 10.1. The van der Waals surface area contributed by atoms with Crippen LogP contribution < -0.4 is 15.3 Å². The number of alkyl halides is 3. The normalized spacial score (nSPS) is 14.5. The van der Waals surface area contributed by atoms with E-state index >= 15 is 0 Å². The van der Waals surface area contributed by atoms with E-state index in [1.54, 1.807) is 25.7 Å². The van der Waals surface area contributed by atoms with Gasteiger partial charge >= 0.3 is 12.3 Å². The van der Waals surface area contributed by atoms with Gasteiger partial charge in [0.2, 0.25) is 0 Å². The molecule has 13 heteroatoms. The molecule has 0 atom stereocenters. The van der Waals surface area contributed by atoms with E-state index in [0.29, 0.717) is 0 Å². The minimum absolute atomic E-state index is 0.0229. The number of piperazine rings is 1. The predicted molar refractivity (Wildman–Crippen MR) is 134 cm³/mol. The zero-order valence-corrected chi connectivity index (χ0v) is 21.5. The Morgan fingerprint density at radius 2 is 1.76 bits per heavy atom. The first-order valence-electron chi connectivity index (χ1n) is 11.6. The molecule has 1 saturated heterocycles. The van der Waals surface area contributed by atoms with Gasteiger partial charge < -0.3 is 29.8 Å². The molecular weight excluding hydrogens is 527 g/mol. The summed E-state index contributed by atoms with van der Waals surface area (Å²) in [4.78, 5) is 35.1. The highest BCUT2D eigenvalue weighted by atomic mass is 35.5. The molecule has 1 fully saturated rings. The van der Waals surface area contributed by atoms with E-state index in [1.807, 2.05) is 0 Å². The van der Waals surface area contributed by atoms with E-state index in [0.717, 1.165) is 12.3 Å². The molecule has 9 nitrogen and oxygen atoms in total. The number of carbonyl (C=O) groups is 2. The summed E-state index contributed by atoms with van der Waals surface area (Å²) in [5.74, 6) is -1.58. The molecular formula is C25H24ClF3N5O4-. The predicted octanol–water partition coefficient (Wildman–Crippen LogP) is 4.47. The third-order valence-electron chi connectivity index (χ3n) is 5.74. The van der Waals surface area contributed by atoms with Crippen molar-refractivity contribution < 1.29 is 32.6 Å². The van der Waals surface area contributed by atoms with Crippen LogP contribution in [0, 0.1) is 0 Å². The highest BCUT2D eigenvalue weighted by Gasteiger charge is 2.36. The van der Waals surface area contributed by atoms with E-state index in [4.69, 9.17) is 16.3 Å². The lowest BCUT2D eigenvalue weighted by molar-refractivity contribution is -0.254. The first-order valence-corrected chi connectivity index (χ1v) is 12.0. The number of nitrogens with one attached hydrogen (secondary N) is 1. The van der Waals surface area contributed by atoms with Crippen molar-refractivity contribution in [3.63, 3.8) is 0 Å². The van der Waals surface area contributed by atoms with Crippen molar-refractivity contribution in [3.8, 4) is 0 Å². The van der Waals surface area contributed by atoms with Crippen molar-refractivity contribution in [3.05, 3.63) is 52.8 Å². The fraction of sp³-hybridized carbons (Fsp3) is 0.360. The minimum Gasteiger partial charge on any atom is -0.545 e. The smallest absolute Gasteiger partial charge is 0.418 e. The number of aromatic carboxylic acids is 1. The zero-order valence-electron chi connectivity index (χ0n) is 20.7. The van der Waals surface area contributed by atoms with Gasteiger partial charge in [-0.3, -0.25) is 4.98 Å². The molecule has 3 heterocycles. The number of halogens is 4. The van der Waals surface area contributed by atoms with E-state index in [2.05, 4.69) is 15.3 Å². The number of carbonyl (C=O) groups excluding carboxylic acids is 2. The molecule has 0 aliphatic carbocycles. The summed E-state index contributed by atoms with van der Waals surface area (Å²) in [6.07, 6.45) is -4.19. The first-order chi connectivity index (χ1) is 17.7. The summed E-state index contributed by atoms with van der Waals surface area (Å²) in [5.41, 5.74) is -1.82. The Morgan fingerprint density at radius 1 is 1.08 bits per heavy atom. The fourth-order valence-corrected chi connectivity index (χ4v) is 4.19. The summed E-state index contributed by atoms with van der Waals surface area (Å²) in [6, 6.07) is 6.57. The maximum Gasteiger partial charge on any atom is 0.418 e. The number of carboxylic acid groups (broad SMARTS) is 1. The maximum absolute atomic E-state index is 14.1. The van der Waals surface area contributed by atoms with Gasteiger partial charge in [-0.05, 0) is 51.1 Å². The van der Waals surface area contributed by atoms with Gasteiger partial charge in [0, 0.05) is 49.3 Å². The second-order valence-electron chi connectivity index (χ2n) is 9.65. The molecule has 1 N–H and O–H groups in total. The number of hydrogen-bond donors (Lipinski definition) is 1. The van der Waals surface area contributed by atoms with E-state index in [9.17, 15) is 27.9 Å². The van der Waals surface area contributed by atoms with Crippen LogP contribution in [0.4, 0.5) is 35.0 Å². The number of benzene rings is 1. The summed E-state index contributed by atoms with van der Waals surface area (Å²) in [6.45, 7) is 5.93. The lowest BCUT2D eigenvalue weighted by Crippen LogP contribution is -2.50. The molecule has 4 rings (SSSR count). The number of pyridine rings is 2. The van der Waals surface area contributed by atoms with Gasteiger partial charge in [-0.25, -0.2) is 9.78 Å². The Bertz CT molecular complexity index is 1390. The number of anilines is 3. The van der Waals surface area contributed by atoms with Gasteiger partial charge in [0.25, 0.3) is 0 Å². The van der Waals surface area contributed by atoms with E-state index in [-0.39, 0.29) is 65.0 Å². The molecule has 202 valence electrons. The number of ether oxygens (including phenoxy) is 1. The van der Waals surface area contributed by atoms with E-state index < -0.39 is 29.4 Å². The van der Waals surface area contributed by atoms with Crippen molar-refractivity contribution in [1.29, 1.82) is 0 Å². The van der Waals surface area contributed by atoms with Crippen LogP contribution in [0.3, 0.4) is 0 Å². The second kappa shape index (κ2) is 10.2. The van der Waals surface area contributed by atoms with Crippen LogP contribution in [0.1, 0.15) is 36.7 Å². The standard InChI is InChI=1S/C25H25ClF3N5O4/c1-24(2,3)38-23(37)34-10-8-33(9-11-34)18-6-4-14(12-16(18)25(27,28)29)31-20-15(22(35)36)13-30-17-5-7-19(26)32-21(17)20/h4-7,12-13H,8-11H2,1-3H3,(H,30,31)(H,35,36)/p-1. The molecule has 3 aromatic rings. The summed E-state index contributed by atoms with van der Waals surface area (Å²) in [7, 11) is 0. The number of hydrogen-bond acceptors (Lipinski definition) is 8. The Hall–Kier alpha value is -3.80. The molecule has 1 aliphatic rings. The highest BCUT2D eigenvalue weighted by Crippen LogP contribution is 2.40. The molecule has 0 unspecified atom stereocenters. The molecule has 0 bridgehead atoms. The number of amides is 1. The monoisotopic (exact) mass is 550 g/mol. The Balaban J connectivity index is 1.64. The number of nitrogens with zero attached hydrogens (tertiary/aromatic N) is 4. The average Bonchev–Trinajstić information content (AvgIpc) is 2.82. The van der Waals surface area contributed by atoms with Crippen LogP contribution in [0.2, 0.25) is 5.15 Å². The average molecular weight is 551 g/mol. The first kappa shape index (κ1) is 27.2. The molecule has 0 radical (unpaired) electrons. The molecule has 1 aromatic carbocycles. The molecule has 1 aliphatic heterocycles. The molecule has 0 saturated carbocycles. The van der Waals surface area contributed by atoms with Crippen LogP contribution in [-0.2, 0) is 10.9 Å². The molecule has 1 amide bonds. The van der Waals surface area contributed by atoms with Crippen LogP contribution in [-0.4, -0.2) is 58.7 Å². The van der Waals surface area contributed by atoms with Gasteiger partial charge in [0.05, 0.1) is 22.7 Å². The summed E-state index contributed by atoms with van der Waals surface area (Å²) >= 11 is 5.96. The summed E-state index contributed by atoms with van der Waals surface area (Å²) < 4.78 is 47.8. The summed E-state index contributed by atoms with van der Waals surface area (Å²) in [5, 5.41) is 14.5. The minimum atomic E-state index is -4.71. The Kier molecular flexibility index (Phi) is 7.29. The van der Waals surface area contributed by atoms with Crippen molar-refractivity contribution in [2.75, 3.05) is 36.4 Å². The van der Waals surface area contributed by atoms with Gasteiger partial charge in [-0.15, -0.1) is 0 Å². The highest BCUT2D eigenvalue weighted by molar-refractivity contribution is 6.30. The molecule has 0 spiro atoms. The SMILES string of the molecule is CC(C)(C)OC(=O)N1CCN(c2ccc(Nc3c(C(=O)[O-])cnc4ccc(Cl)nc34)cc2C(F)(F)F)CC1. The third-order valence-corrected chi connectivity index (χ3v) is 5.95. The topological polar surface area (TPSA) is 111 Å². The quantitative estimate of drug-likeness (QED) is 0.474. The zero-order chi connectivity index (χ0) is 27.8. The number of carboxylic acids is 1. The van der Waals surface area contributed by atoms with Crippen molar-refractivity contribution in [1.82, 2.24) is 14.9 Å². The van der Waals surface area contributed by atoms with Crippen molar-refractivity contribution >= 4 is 51.8 Å². The molecule has 2 aromatic heterocycles. The Labute approximate surface area is 221 Å². The lowest BCUT2D eigenvalue weighted by Gasteiger charge is -2.37. The van der Waals surface area contributed by atoms with Gasteiger partial charge in [-0.1, -0.05) is 11.6 Å². The van der Waals surface area contributed by atoms with Gasteiger partial charge in [-0.2, -0.15) is 13.2 Å². The Morgan fingerprint density at radius 3 is 2.37 bits per heavy atom. The van der Waals surface area contributed by atoms with E-state index in [1.165, 1.54) is 29.2 Å². The second-order valence-corrected chi connectivity index (χ2v) is 10.0. The van der Waals surface area contributed by atoms with Crippen LogP contribution in [0.5, 0.6) is 0 Å². The fourth-order valence-electron chi connectivity index (χ4n) is 4.04. The third kappa shape index (κ3) is 6.01. The van der Waals surface area contributed by atoms with Crippen LogP contribution >= 0.6 is 11.6 Å².